The molecule has 0 aromatic heterocycles. The van der Waals surface area contributed by atoms with Crippen molar-refractivity contribution in [1.82, 2.24) is 10.2 Å². The summed E-state index contributed by atoms with van der Waals surface area (Å²) in [6.45, 7) is 10.4. The predicted octanol–water partition coefficient (Wildman–Crippen LogP) is 1.40. The van der Waals surface area contributed by atoms with Crippen molar-refractivity contribution in [2.24, 2.45) is 0 Å². The molecule has 1 fully saturated rings. The zero-order valence-corrected chi connectivity index (χ0v) is 11.5. The highest BCUT2D eigenvalue weighted by atomic mass is 16.5. The second-order valence-corrected chi connectivity index (χ2v) is 4.93. The Bertz CT molecular complexity index is 240. The van der Waals surface area contributed by atoms with Crippen LogP contribution in [0, 0.1) is 0 Å². The van der Waals surface area contributed by atoms with E-state index in [1.54, 1.807) is 0 Å². The molecule has 0 amide bonds. The molecule has 1 N–H and O–H groups in total. The molecule has 4 nitrogen and oxygen atoms in total. The zero-order chi connectivity index (χ0) is 12.8. The van der Waals surface area contributed by atoms with E-state index in [1.165, 1.54) is 12.8 Å². The van der Waals surface area contributed by atoms with Crippen LogP contribution in [0.25, 0.3) is 0 Å². The first-order valence-corrected chi connectivity index (χ1v) is 6.75. The normalized spacial score (nSPS) is 17.5. The first-order chi connectivity index (χ1) is 8.08. The third kappa shape index (κ3) is 5.04. The average Bonchev–Trinajstić information content (AvgIpc) is 3.07. The SMILES string of the molecule is CCOC(=O)C(CN(CC)C(C)C)NC1CC1. The molecule has 0 heterocycles. The summed E-state index contributed by atoms with van der Waals surface area (Å²) in [5, 5.41) is 3.38. The fourth-order valence-corrected chi connectivity index (χ4v) is 1.91. The number of hydrogen-bond donors (Lipinski definition) is 1. The number of esters is 1. The Morgan fingerprint density at radius 2 is 2.06 bits per heavy atom. The second-order valence-electron chi connectivity index (χ2n) is 4.93. The maximum absolute atomic E-state index is 11.9. The van der Waals surface area contributed by atoms with Crippen molar-refractivity contribution in [1.29, 1.82) is 0 Å². The van der Waals surface area contributed by atoms with Crippen LogP contribution in [0.2, 0.25) is 0 Å². The fourth-order valence-electron chi connectivity index (χ4n) is 1.91. The third-order valence-corrected chi connectivity index (χ3v) is 3.14. The van der Waals surface area contributed by atoms with E-state index in [-0.39, 0.29) is 12.0 Å². The number of carbonyl (C=O) groups is 1. The number of hydrogen-bond acceptors (Lipinski definition) is 4. The van der Waals surface area contributed by atoms with Crippen molar-refractivity contribution in [3.05, 3.63) is 0 Å². The minimum atomic E-state index is -0.176. The molecule has 0 aromatic rings. The molecular formula is C13H26N2O2. The Balaban J connectivity index is 2.51. The average molecular weight is 242 g/mol. The van der Waals surface area contributed by atoms with Crippen LogP contribution in [0.15, 0.2) is 0 Å². The van der Waals surface area contributed by atoms with Crippen LogP contribution in [-0.2, 0) is 9.53 Å². The summed E-state index contributed by atoms with van der Waals surface area (Å²) in [5.41, 5.74) is 0. The van der Waals surface area contributed by atoms with Crippen molar-refractivity contribution in [3.63, 3.8) is 0 Å². The van der Waals surface area contributed by atoms with Gasteiger partial charge in [-0.2, -0.15) is 0 Å². The van der Waals surface area contributed by atoms with E-state index < -0.39 is 0 Å². The third-order valence-electron chi connectivity index (χ3n) is 3.14. The monoisotopic (exact) mass is 242 g/mol. The topological polar surface area (TPSA) is 41.6 Å². The van der Waals surface area contributed by atoms with E-state index in [2.05, 4.69) is 31.0 Å². The number of nitrogens with one attached hydrogen (secondary N) is 1. The molecule has 1 aliphatic rings. The summed E-state index contributed by atoms with van der Waals surface area (Å²) in [7, 11) is 0. The highest BCUT2D eigenvalue weighted by Gasteiger charge is 2.30. The minimum Gasteiger partial charge on any atom is -0.465 e. The van der Waals surface area contributed by atoms with Gasteiger partial charge in [0.25, 0.3) is 0 Å². The van der Waals surface area contributed by atoms with Gasteiger partial charge in [0, 0.05) is 18.6 Å². The second kappa shape index (κ2) is 6.97. The van der Waals surface area contributed by atoms with Crippen molar-refractivity contribution >= 4 is 5.97 Å². The molecule has 0 saturated heterocycles. The van der Waals surface area contributed by atoms with Crippen LogP contribution in [-0.4, -0.2) is 48.7 Å². The van der Waals surface area contributed by atoms with Gasteiger partial charge in [-0.3, -0.25) is 9.69 Å². The summed E-state index contributed by atoms with van der Waals surface area (Å²) in [5.74, 6) is -0.112. The highest BCUT2D eigenvalue weighted by Crippen LogP contribution is 2.20. The first-order valence-electron chi connectivity index (χ1n) is 6.75. The van der Waals surface area contributed by atoms with Gasteiger partial charge in [-0.1, -0.05) is 6.92 Å². The number of nitrogens with zero attached hydrogens (tertiary/aromatic N) is 1. The van der Waals surface area contributed by atoms with Crippen LogP contribution in [0.3, 0.4) is 0 Å². The molecular weight excluding hydrogens is 216 g/mol. The maximum atomic E-state index is 11.9. The van der Waals surface area contributed by atoms with Gasteiger partial charge in [0.2, 0.25) is 0 Å². The molecule has 4 heteroatoms. The maximum Gasteiger partial charge on any atom is 0.324 e. The van der Waals surface area contributed by atoms with Gasteiger partial charge in [0.15, 0.2) is 0 Å². The summed E-state index contributed by atoms with van der Waals surface area (Å²) in [6, 6.07) is 0.804. The molecule has 0 aliphatic heterocycles. The molecule has 0 aromatic carbocycles. The molecule has 100 valence electrons. The van der Waals surface area contributed by atoms with E-state index >= 15 is 0 Å². The van der Waals surface area contributed by atoms with Gasteiger partial charge in [-0.05, 0) is 40.2 Å². The molecule has 1 rings (SSSR count). The van der Waals surface area contributed by atoms with Gasteiger partial charge in [0.1, 0.15) is 6.04 Å². The first kappa shape index (κ1) is 14.5. The van der Waals surface area contributed by atoms with Crippen LogP contribution in [0.1, 0.15) is 40.5 Å². The quantitative estimate of drug-likeness (QED) is 0.653. The Hall–Kier alpha value is -0.610. The Labute approximate surface area is 105 Å². The van der Waals surface area contributed by atoms with Crippen molar-refractivity contribution < 1.29 is 9.53 Å². The van der Waals surface area contributed by atoms with Gasteiger partial charge in [0.05, 0.1) is 6.61 Å². The smallest absolute Gasteiger partial charge is 0.324 e. The Morgan fingerprint density at radius 1 is 1.41 bits per heavy atom. The van der Waals surface area contributed by atoms with Crippen molar-refractivity contribution in [3.8, 4) is 0 Å². The lowest BCUT2D eigenvalue weighted by Crippen LogP contribution is -2.49. The molecule has 1 aliphatic carbocycles. The molecule has 0 spiro atoms. The predicted molar refractivity (Wildman–Crippen MR) is 69.0 cm³/mol. The zero-order valence-electron chi connectivity index (χ0n) is 11.5. The molecule has 1 saturated carbocycles. The van der Waals surface area contributed by atoms with E-state index in [9.17, 15) is 4.79 Å². The number of rotatable bonds is 8. The standard InChI is InChI=1S/C13H26N2O2/c1-5-15(10(3)4)9-12(13(16)17-6-2)14-11-7-8-11/h10-12,14H,5-9H2,1-4H3. The van der Waals surface area contributed by atoms with Crippen LogP contribution < -0.4 is 5.32 Å². The lowest BCUT2D eigenvalue weighted by atomic mass is 10.2. The molecule has 17 heavy (non-hydrogen) atoms. The van der Waals surface area contributed by atoms with Gasteiger partial charge in [-0.15, -0.1) is 0 Å². The number of ether oxygens (including phenoxy) is 1. The number of likely N-dealkylation sites (N-methyl/N-ethyl adjacent to an activating group) is 1. The van der Waals surface area contributed by atoms with E-state index in [0.29, 0.717) is 18.7 Å². The number of carbonyl (C=O) groups excluding carboxylic acids is 1. The summed E-state index contributed by atoms with van der Waals surface area (Å²) in [6.07, 6.45) is 2.37. The summed E-state index contributed by atoms with van der Waals surface area (Å²) < 4.78 is 5.13. The molecule has 1 atom stereocenters. The van der Waals surface area contributed by atoms with Crippen LogP contribution in [0.5, 0.6) is 0 Å². The molecule has 1 unspecified atom stereocenters. The van der Waals surface area contributed by atoms with E-state index in [4.69, 9.17) is 4.74 Å². The van der Waals surface area contributed by atoms with E-state index in [1.807, 2.05) is 6.92 Å². The van der Waals surface area contributed by atoms with E-state index in [0.717, 1.165) is 13.1 Å². The summed E-state index contributed by atoms with van der Waals surface area (Å²) >= 11 is 0. The fraction of sp³-hybridized carbons (Fsp3) is 0.923. The Kier molecular flexibility index (Phi) is 5.92. The van der Waals surface area contributed by atoms with Gasteiger partial charge >= 0.3 is 5.97 Å². The lowest BCUT2D eigenvalue weighted by molar-refractivity contribution is -0.146. The van der Waals surface area contributed by atoms with Crippen LogP contribution in [0.4, 0.5) is 0 Å². The molecule has 0 radical (unpaired) electrons. The van der Waals surface area contributed by atoms with Crippen molar-refractivity contribution in [2.75, 3.05) is 19.7 Å². The Morgan fingerprint density at radius 3 is 2.47 bits per heavy atom. The minimum absolute atomic E-state index is 0.112. The molecule has 0 bridgehead atoms. The van der Waals surface area contributed by atoms with Crippen LogP contribution >= 0.6 is 0 Å². The highest BCUT2D eigenvalue weighted by molar-refractivity contribution is 5.76. The lowest BCUT2D eigenvalue weighted by Gasteiger charge is -2.29. The largest absolute Gasteiger partial charge is 0.465 e. The van der Waals surface area contributed by atoms with Crippen molar-refractivity contribution in [2.45, 2.75) is 58.7 Å². The van der Waals surface area contributed by atoms with Gasteiger partial charge in [-0.25, -0.2) is 0 Å². The summed E-state index contributed by atoms with van der Waals surface area (Å²) in [4.78, 5) is 14.2. The van der Waals surface area contributed by atoms with Gasteiger partial charge < -0.3 is 10.1 Å².